The lowest BCUT2D eigenvalue weighted by atomic mass is 9.92. The van der Waals surface area contributed by atoms with E-state index in [2.05, 4.69) is 57.2 Å². The summed E-state index contributed by atoms with van der Waals surface area (Å²) in [5.74, 6) is 0. The van der Waals surface area contributed by atoms with Crippen molar-refractivity contribution in [3.63, 3.8) is 0 Å². The number of hydrogen-bond donors (Lipinski definition) is 0. The Morgan fingerprint density at radius 3 is 2.10 bits per heavy atom. The van der Waals surface area contributed by atoms with E-state index in [1.165, 1.54) is 34.5 Å². The second-order valence-corrected chi connectivity index (χ2v) is 5.71. The van der Waals surface area contributed by atoms with Crippen molar-refractivity contribution in [2.24, 2.45) is 0 Å². The molecule has 0 aliphatic heterocycles. The summed E-state index contributed by atoms with van der Waals surface area (Å²) in [5.41, 5.74) is 6.74. The summed E-state index contributed by atoms with van der Waals surface area (Å²) in [5, 5.41) is 0. The first-order valence-corrected chi connectivity index (χ1v) is 8.37. The topological polar surface area (TPSA) is 12.9 Å². The van der Waals surface area contributed by atoms with E-state index in [1.54, 1.807) is 0 Å². The zero-order valence-corrected chi connectivity index (χ0v) is 13.7. The molecule has 21 heavy (non-hydrogen) atoms. The lowest BCUT2D eigenvalue weighted by Crippen LogP contribution is -2.04. The molecular formula is C20H27N. The third kappa shape index (κ3) is 3.93. The molecule has 0 bridgehead atoms. The summed E-state index contributed by atoms with van der Waals surface area (Å²) >= 11 is 0. The maximum absolute atomic E-state index is 4.97. The van der Waals surface area contributed by atoms with Crippen molar-refractivity contribution >= 4 is 0 Å². The van der Waals surface area contributed by atoms with Crippen molar-refractivity contribution in [1.29, 1.82) is 0 Å². The summed E-state index contributed by atoms with van der Waals surface area (Å²) < 4.78 is 0. The number of nitrogens with zero attached hydrogens (tertiary/aromatic N) is 1. The second-order valence-electron chi connectivity index (χ2n) is 5.71. The van der Waals surface area contributed by atoms with Gasteiger partial charge in [0.2, 0.25) is 0 Å². The van der Waals surface area contributed by atoms with Crippen molar-refractivity contribution in [3.8, 4) is 11.1 Å². The van der Waals surface area contributed by atoms with Crippen molar-refractivity contribution in [3.05, 3.63) is 53.3 Å². The summed E-state index contributed by atoms with van der Waals surface area (Å²) in [4.78, 5) is 4.97. The Morgan fingerprint density at radius 2 is 1.48 bits per heavy atom. The Morgan fingerprint density at radius 1 is 0.810 bits per heavy atom. The molecule has 112 valence electrons. The molecule has 0 unspecified atom stereocenters. The standard InChI is InChI=1S/C20H27N/c1-4-10-17-15-18(11-5-2)21-19(12-6-3)20(17)16-13-8-7-9-14-16/h7-9,13-15H,4-6,10-12H2,1-3H3. The molecule has 0 amide bonds. The molecule has 0 aliphatic rings. The fourth-order valence-corrected chi connectivity index (χ4v) is 2.95. The lowest BCUT2D eigenvalue weighted by molar-refractivity contribution is 0.818. The van der Waals surface area contributed by atoms with Crippen LogP contribution in [0.25, 0.3) is 11.1 Å². The van der Waals surface area contributed by atoms with E-state index in [0.29, 0.717) is 0 Å². The van der Waals surface area contributed by atoms with E-state index in [1.807, 2.05) is 0 Å². The summed E-state index contributed by atoms with van der Waals surface area (Å²) in [6, 6.07) is 13.1. The van der Waals surface area contributed by atoms with Crippen molar-refractivity contribution in [1.82, 2.24) is 4.98 Å². The van der Waals surface area contributed by atoms with E-state index in [0.717, 1.165) is 32.1 Å². The van der Waals surface area contributed by atoms with Gasteiger partial charge in [-0.1, -0.05) is 70.4 Å². The van der Waals surface area contributed by atoms with Crippen LogP contribution in [0.4, 0.5) is 0 Å². The number of rotatable bonds is 7. The molecule has 1 heteroatoms. The van der Waals surface area contributed by atoms with Crippen molar-refractivity contribution in [2.45, 2.75) is 59.3 Å². The number of hydrogen-bond acceptors (Lipinski definition) is 1. The van der Waals surface area contributed by atoms with Gasteiger partial charge in [0.15, 0.2) is 0 Å². The number of aryl methyl sites for hydroxylation is 3. The Balaban J connectivity index is 2.57. The Kier molecular flexibility index (Phi) is 5.98. The van der Waals surface area contributed by atoms with Crippen LogP contribution >= 0.6 is 0 Å². The molecule has 1 heterocycles. The van der Waals surface area contributed by atoms with Gasteiger partial charge >= 0.3 is 0 Å². The predicted molar refractivity (Wildman–Crippen MR) is 91.7 cm³/mol. The zero-order valence-electron chi connectivity index (χ0n) is 13.7. The monoisotopic (exact) mass is 281 g/mol. The molecular weight excluding hydrogens is 254 g/mol. The smallest absolute Gasteiger partial charge is 0.0487 e. The van der Waals surface area contributed by atoms with Crippen LogP contribution in [0.15, 0.2) is 36.4 Å². The lowest BCUT2D eigenvalue weighted by Gasteiger charge is -2.16. The SMILES string of the molecule is CCCc1cc(CCC)c(-c2ccccc2)c(CCC)n1. The van der Waals surface area contributed by atoms with Crippen LogP contribution in [-0.2, 0) is 19.3 Å². The minimum atomic E-state index is 1.07. The molecule has 0 radical (unpaired) electrons. The van der Waals surface area contributed by atoms with Crippen LogP contribution in [0.2, 0.25) is 0 Å². The molecule has 0 atom stereocenters. The maximum Gasteiger partial charge on any atom is 0.0487 e. The highest BCUT2D eigenvalue weighted by Crippen LogP contribution is 2.29. The predicted octanol–water partition coefficient (Wildman–Crippen LogP) is 5.61. The fourth-order valence-electron chi connectivity index (χ4n) is 2.95. The van der Waals surface area contributed by atoms with E-state index in [9.17, 15) is 0 Å². The van der Waals surface area contributed by atoms with Gasteiger partial charge in [0.05, 0.1) is 0 Å². The Labute approximate surface area is 129 Å². The van der Waals surface area contributed by atoms with Gasteiger partial charge < -0.3 is 0 Å². The molecule has 0 saturated carbocycles. The molecule has 1 aromatic heterocycles. The van der Waals surface area contributed by atoms with E-state index in [-0.39, 0.29) is 0 Å². The van der Waals surface area contributed by atoms with Crippen molar-refractivity contribution in [2.75, 3.05) is 0 Å². The largest absolute Gasteiger partial charge is 0.257 e. The van der Waals surface area contributed by atoms with Crippen LogP contribution < -0.4 is 0 Å². The molecule has 0 saturated heterocycles. The molecule has 1 aromatic carbocycles. The van der Waals surface area contributed by atoms with Gasteiger partial charge in [-0.15, -0.1) is 0 Å². The summed E-state index contributed by atoms with van der Waals surface area (Å²) in [7, 11) is 0. The number of benzene rings is 1. The van der Waals surface area contributed by atoms with Gasteiger partial charge in [-0.2, -0.15) is 0 Å². The van der Waals surface area contributed by atoms with Gasteiger partial charge in [0, 0.05) is 17.0 Å². The third-order valence-corrected chi connectivity index (χ3v) is 3.80. The van der Waals surface area contributed by atoms with Crippen LogP contribution in [-0.4, -0.2) is 4.98 Å². The molecule has 0 aliphatic carbocycles. The van der Waals surface area contributed by atoms with Gasteiger partial charge in [0.25, 0.3) is 0 Å². The van der Waals surface area contributed by atoms with Crippen LogP contribution in [0.3, 0.4) is 0 Å². The molecule has 0 fully saturated rings. The molecule has 1 nitrogen and oxygen atoms in total. The van der Waals surface area contributed by atoms with Gasteiger partial charge in [0.1, 0.15) is 0 Å². The first-order chi connectivity index (χ1) is 10.3. The number of aromatic nitrogens is 1. The molecule has 2 aromatic rings. The van der Waals surface area contributed by atoms with Crippen LogP contribution in [0.1, 0.15) is 57.0 Å². The highest BCUT2D eigenvalue weighted by molar-refractivity contribution is 5.70. The van der Waals surface area contributed by atoms with Crippen LogP contribution in [0, 0.1) is 0 Å². The first kappa shape index (κ1) is 15.8. The average Bonchev–Trinajstić information content (AvgIpc) is 2.49. The second kappa shape index (κ2) is 7.97. The number of pyridine rings is 1. The van der Waals surface area contributed by atoms with E-state index in [4.69, 9.17) is 4.98 Å². The molecule has 0 spiro atoms. The Hall–Kier alpha value is -1.63. The first-order valence-electron chi connectivity index (χ1n) is 8.37. The minimum absolute atomic E-state index is 1.07. The molecule has 2 rings (SSSR count). The third-order valence-electron chi connectivity index (χ3n) is 3.80. The van der Waals surface area contributed by atoms with Gasteiger partial charge in [-0.3, -0.25) is 4.98 Å². The van der Waals surface area contributed by atoms with Crippen molar-refractivity contribution < 1.29 is 0 Å². The fraction of sp³-hybridized carbons (Fsp3) is 0.450. The summed E-state index contributed by atoms with van der Waals surface area (Å²) in [6.45, 7) is 6.72. The highest BCUT2D eigenvalue weighted by atomic mass is 14.7. The summed E-state index contributed by atoms with van der Waals surface area (Å²) in [6.07, 6.45) is 6.78. The van der Waals surface area contributed by atoms with Gasteiger partial charge in [-0.05, 0) is 36.5 Å². The zero-order chi connectivity index (χ0) is 15.1. The van der Waals surface area contributed by atoms with Crippen LogP contribution in [0.5, 0.6) is 0 Å². The Bertz CT molecular complexity index is 530. The minimum Gasteiger partial charge on any atom is -0.257 e. The van der Waals surface area contributed by atoms with Gasteiger partial charge in [-0.25, -0.2) is 0 Å². The molecule has 0 N–H and O–H groups in total. The van der Waals surface area contributed by atoms with E-state index >= 15 is 0 Å². The average molecular weight is 281 g/mol. The van der Waals surface area contributed by atoms with E-state index < -0.39 is 0 Å². The highest BCUT2D eigenvalue weighted by Gasteiger charge is 2.13. The quantitative estimate of drug-likeness (QED) is 0.643. The normalized spacial score (nSPS) is 10.8. The maximum atomic E-state index is 4.97.